The molecular formula is C13H19N3O2. The summed E-state index contributed by atoms with van der Waals surface area (Å²) in [5, 5.41) is 4.24. The Balaban J connectivity index is 1.72. The number of aromatic nitrogens is 2. The number of nitrogens with zero attached hydrogens (tertiary/aromatic N) is 2. The average Bonchev–Trinajstić information content (AvgIpc) is 3.04. The summed E-state index contributed by atoms with van der Waals surface area (Å²) in [4.78, 5) is 11.4. The highest BCUT2D eigenvalue weighted by molar-refractivity contribution is 5.92. The summed E-state index contributed by atoms with van der Waals surface area (Å²) >= 11 is 0. The van der Waals surface area contributed by atoms with Crippen molar-refractivity contribution in [3.63, 3.8) is 0 Å². The molecule has 1 aromatic heterocycles. The number of nitrogens with two attached hydrogens (primary N) is 1. The summed E-state index contributed by atoms with van der Waals surface area (Å²) in [6, 6.07) is 0. The van der Waals surface area contributed by atoms with Crippen LogP contribution in [0.15, 0.2) is 6.20 Å². The predicted molar refractivity (Wildman–Crippen MR) is 66.9 cm³/mol. The first-order valence-electron chi connectivity index (χ1n) is 6.58. The van der Waals surface area contributed by atoms with Gasteiger partial charge in [-0.05, 0) is 37.0 Å². The molecule has 2 aliphatic rings. The number of anilines is 1. The van der Waals surface area contributed by atoms with Crippen molar-refractivity contribution < 1.29 is 9.53 Å². The number of hydrogen-bond donors (Lipinski definition) is 1. The van der Waals surface area contributed by atoms with E-state index in [9.17, 15) is 4.79 Å². The van der Waals surface area contributed by atoms with Gasteiger partial charge in [0, 0.05) is 12.7 Å². The standard InChI is InChI=1S/C13H19N3O2/c1-18-13(17)12-11(14)7-16(15-12)6-10-5-8-2-3-9(10)4-8/h7-10H,2-6,14H2,1H3. The van der Waals surface area contributed by atoms with Crippen molar-refractivity contribution in [2.24, 2.45) is 17.8 Å². The van der Waals surface area contributed by atoms with Gasteiger partial charge in [-0.2, -0.15) is 5.10 Å². The molecule has 2 fully saturated rings. The lowest BCUT2D eigenvalue weighted by Gasteiger charge is -2.21. The fraction of sp³-hybridized carbons (Fsp3) is 0.692. The van der Waals surface area contributed by atoms with Gasteiger partial charge in [0.15, 0.2) is 5.69 Å². The van der Waals surface area contributed by atoms with Crippen LogP contribution in [0.3, 0.4) is 0 Å². The molecule has 0 spiro atoms. The molecule has 0 aliphatic heterocycles. The third-order valence-corrected chi connectivity index (χ3v) is 4.47. The highest BCUT2D eigenvalue weighted by Gasteiger charge is 2.39. The summed E-state index contributed by atoms with van der Waals surface area (Å²) in [5.41, 5.74) is 6.43. The third kappa shape index (κ3) is 1.87. The number of ether oxygens (including phenoxy) is 1. The van der Waals surface area contributed by atoms with Crippen LogP contribution in [0.25, 0.3) is 0 Å². The Morgan fingerprint density at radius 2 is 2.39 bits per heavy atom. The van der Waals surface area contributed by atoms with Gasteiger partial charge >= 0.3 is 5.97 Å². The van der Waals surface area contributed by atoms with Gasteiger partial charge in [0.05, 0.1) is 12.8 Å². The minimum absolute atomic E-state index is 0.237. The second kappa shape index (κ2) is 4.30. The van der Waals surface area contributed by atoms with Crippen LogP contribution in [-0.4, -0.2) is 22.9 Å². The molecule has 2 saturated carbocycles. The SMILES string of the molecule is COC(=O)c1nn(CC2CC3CCC2C3)cc1N. The van der Waals surface area contributed by atoms with Crippen LogP contribution in [0.4, 0.5) is 5.69 Å². The number of carbonyl (C=O) groups excluding carboxylic acids is 1. The van der Waals surface area contributed by atoms with E-state index in [1.165, 1.54) is 32.8 Å². The maximum absolute atomic E-state index is 11.4. The fourth-order valence-electron chi connectivity index (χ4n) is 3.63. The Labute approximate surface area is 106 Å². The third-order valence-electron chi connectivity index (χ3n) is 4.47. The van der Waals surface area contributed by atoms with Gasteiger partial charge < -0.3 is 10.5 Å². The first-order valence-corrected chi connectivity index (χ1v) is 6.58. The highest BCUT2D eigenvalue weighted by atomic mass is 16.5. The summed E-state index contributed by atoms with van der Waals surface area (Å²) in [6.07, 6.45) is 7.19. The molecule has 3 unspecified atom stereocenters. The molecule has 2 N–H and O–H groups in total. The molecule has 1 heterocycles. The van der Waals surface area contributed by atoms with Crippen LogP contribution in [0.5, 0.6) is 0 Å². The van der Waals surface area contributed by atoms with Gasteiger partial charge in [-0.1, -0.05) is 6.42 Å². The van der Waals surface area contributed by atoms with E-state index < -0.39 is 5.97 Å². The van der Waals surface area contributed by atoms with Crippen LogP contribution in [0.2, 0.25) is 0 Å². The second-order valence-corrected chi connectivity index (χ2v) is 5.58. The monoisotopic (exact) mass is 249 g/mol. The number of nitrogen functional groups attached to an aromatic ring is 1. The zero-order chi connectivity index (χ0) is 12.7. The Morgan fingerprint density at radius 3 is 3.00 bits per heavy atom. The second-order valence-electron chi connectivity index (χ2n) is 5.58. The van der Waals surface area contributed by atoms with Crippen molar-refractivity contribution >= 4 is 11.7 Å². The molecule has 0 saturated heterocycles. The Hall–Kier alpha value is -1.52. The Kier molecular flexibility index (Phi) is 2.76. The Morgan fingerprint density at radius 1 is 1.56 bits per heavy atom. The molecule has 3 atom stereocenters. The molecule has 5 heteroatoms. The van der Waals surface area contributed by atoms with Gasteiger partial charge in [-0.15, -0.1) is 0 Å². The molecule has 98 valence electrons. The van der Waals surface area contributed by atoms with Gasteiger partial charge in [0.2, 0.25) is 0 Å². The largest absolute Gasteiger partial charge is 0.464 e. The average molecular weight is 249 g/mol. The molecule has 5 nitrogen and oxygen atoms in total. The number of hydrogen-bond acceptors (Lipinski definition) is 4. The first kappa shape index (κ1) is 11.6. The minimum Gasteiger partial charge on any atom is -0.464 e. The van der Waals surface area contributed by atoms with Crippen LogP contribution in [-0.2, 0) is 11.3 Å². The number of rotatable bonds is 3. The summed E-state index contributed by atoms with van der Waals surface area (Å²) in [6.45, 7) is 0.877. The lowest BCUT2D eigenvalue weighted by atomic mass is 9.89. The van der Waals surface area contributed by atoms with E-state index in [-0.39, 0.29) is 5.69 Å². The smallest absolute Gasteiger partial charge is 0.360 e. The van der Waals surface area contributed by atoms with E-state index in [1.54, 1.807) is 6.20 Å². The molecule has 0 radical (unpaired) electrons. The van der Waals surface area contributed by atoms with E-state index in [2.05, 4.69) is 9.84 Å². The van der Waals surface area contributed by atoms with Crippen molar-refractivity contribution in [2.75, 3.05) is 12.8 Å². The topological polar surface area (TPSA) is 70.1 Å². The zero-order valence-electron chi connectivity index (χ0n) is 10.6. The van der Waals surface area contributed by atoms with E-state index >= 15 is 0 Å². The maximum atomic E-state index is 11.4. The molecule has 2 aliphatic carbocycles. The molecule has 3 rings (SSSR count). The van der Waals surface area contributed by atoms with Gasteiger partial charge in [-0.3, -0.25) is 4.68 Å². The quantitative estimate of drug-likeness (QED) is 0.827. The van der Waals surface area contributed by atoms with Crippen molar-refractivity contribution in [3.8, 4) is 0 Å². The van der Waals surface area contributed by atoms with Crippen LogP contribution >= 0.6 is 0 Å². The van der Waals surface area contributed by atoms with E-state index in [0.29, 0.717) is 11.6 Å². The first-order chi connectivity index (χ1) is 8.67. The van der Waals surface area contributed by atoms with Crippen LogP contribution in [0.1, 0.15) is 36.2 Å². The predicted octanol–water partition coefficient (Wildman–Crippen LogP) is 1.69. The Bertz CT molecular complexity index is 469. The number of esters is 1. The van der Waals surface area contributed by atoms with Crippen molar-refractivity contribution in [1.29, 1.82) is 0 Å². The lowest BCUT2D eigenvalue weighted by Crippen LogP contribution is -2.18. The summed E-state index contributed by atoms with van der Waals surface area (Å²) in [5.74, 6) is 2.02. The van der Waals surface area contributed by atoms with Crippen molar-refractivity contribution in [2.45, 2.75) is 32.2 Å². The number of fused-ring (bicyclic) bond motifs is 2. The fourth-order valence-corrected chi connectivity index (χ4v) is 3.63. The van der Waals surface area contributed by atoms with E-state index in [0.717, 1.165) is 18.4 Å². The van der Waals surface area contributed by atoms with Crippen molar-refractivity contribution in [3.05, 3.63) is 11.9 Å². The molecule has 18 heavy (non-hydrogen) atoms. The normalized spacial score (nSPS) is 29.7. The van der Waals surface area contributed by atoms with E-state index in [4.69, 9.17) is 5.73 Å². The highest BCUT2D eigenvalue weighted by Crippen LogP contribution is 2.48. The number of carbonyl (C=O) groups is 1. The van der Waals surface area contributed by atoms with Gasteiger partial charge in [-0.25, -0.2) is 4.79 Å². The molecular weight excluding hydrogens is 230 g/mol. The lowest BCUT2D eigenvalue weighted by molar-refractivity contribution is 0.0593. The minimum atomic E-state index is -0.459. The van der Waals surface area contributed by atoms with Gasteiger partial charge in [0.1, 0.15) is 0 Å². The van der Waals surface area contributed by atoms with Crippen molar-refractivity contribution in [1.82, 2.24) is 9.78 Å². The zero-order valence-corrected chi connectivity index (χ0v) is 10.6. The number of methoxy groups -OCH3 is 1. The molecule has 1 aromatic rings. The van der Waals surface area contributed by atoms with E-state index in [1.807, 2.05) is 4.68 Å². The maximum Gasteiger partial charge on any atom is 0.360 e. The molecule has 2 bridgehead atoms. The van der Waals surface area contributed by atoms with Gasteiger partial charge in [0.25, 0.3) is 0 Å². The molecule has 0 aromatic carbocycles. The molecule has 0 amide bonds. The van der Waals surface area contributed by atoms with Crippen LogP contribution < -0.4 is 5.73 Å². The summed E-state index contributed by atoms with van der Waals surface area (Å²) in [7, 11) is 1.34. The summed E-state index contributed by atoms with van der Waals surface area (Å²) < 4.78 is 6.47. The van der Waals surface area contributed by atoms with Crippen LogP contribution in [0, 0.1) is 17.8 Å².